The summed E-state index contributed by atoms with van der Waals surface area (Å²) in [6, 6.07) is 1.79. The van der Waals surface area contributed by atoms with Gasteiger partial charge in [0.2, 0.25) is 0 Å². The van der Waals surface area contributed by atoms with Crippen molar-refractivity contribution in [1.82, 2.24) is 0 Å². The van der Waals surface area contributed by atoms with Gasteiger partial charge in [0.1, 0.15) is 0 Å². The fourth-order valence-corrected chi connectivity index (χ4v) is 0.948. The average molecular weight is 113 g/mol. The molecule has 1 aromatic rings. The van der Waals surface area contributed by atoms with Crippen molar-refractivity contribution >= 4 is 17.6 Å². The third-order valence-corrected chi connectivity index (χ3v) is 1.38. The first-order valence-electron chi connectivity index (χ1n) is 1.91. The number of carbonyl (C=O) groups is 1. The first-order valence-corrected chi connectivity index (χ1v) is 2.85. The predicted molar refractivity (Wildman–Crippen MR) is 30.8 cm³/mol. The number of carbonyl (C=O) groups excluding carboxylic acids is 1. The molecule has 0 spiro atoms. The van der Waals surface area contributed by atoms with Crippen molar-refractivity contribution in [3.8, 4) is 0 Å². The van der Waals surface area contributed by atoms with Gasteiger partial charge in [0.05, 0.1) is 0 Å². The molecule has 0 aliphatic carbocycles. The quantitative estimate of drug-likeness (QED) is 0.506. The van der Waals surface area contributed by atoms with E-state index < -0.39 is 0 Å². The Hall–Kier alpha value is -0.630. The van der Waals surface area contributed by atoms with Crippen molar-refractivity contribution in [2.75, 3.05) is 0 Å². The molecule has 1 rings (SSSR count). The van der Waals surface area contributed by atoms with E-state index >= 15 is 0 Å². The van der Waals surface area contributed by atoms with Gasteiger partial charge in [-0.15, -0.1) is 0 Å². The van der Waals surface area contributed by atoms with Gasteiger partial charge < -0.3 is 0 Å². The molecular weight excluding hydrogens is 108 g/mol. The van der Waals surface area contributed by atoms with E-state index in [-0.39, 0.29) is 1.43 Å². The molecule has 1 aromatic heterocycles. The topological polar surface area (TPSA) is 17.1 Å². The van der Waals surface area contributed by atoms with Gasteiger partial charge in [0.25, 0.3) is 0 Å². The molecule has 36 valence electrons. The van der Waals surface area contributed by atoms with Gasteiger partial charge in [-0.1, -0.05) is 0 Å². The second kappa shape index (κ2) is 1.89. The molecule has 0 aliphatic heterocycles. The molecule has 0 saturated carbocycles. The molecule has 0 radical (unpaired) electrons. The summed E-state index contributed by atoms with van der Waals surface area (Å²) in [5.41, 5.74) is 0.769. The molecule has 0 atom stereocenters. The summed E-state index contributed by atoms with van der Waals surface area (Å²) in [4.78, 5) is 9.87. The maximum atomic E-state index is 9.87. The highest BCUT2D eigenvalue weighted by molar-refractivity contribution is 7.08. The van der Waals surface area contributed by atoms with Crippen molar-refractivity contribution in [2.45, 2.75) is 0 Å². The van der Waals surface area contributed by atoms with Crippen LogP contribution in [0.25, 0.3) is 0 Å². The van der Waals surface area contributed by atoms with Crippen LogP contribution in [0.4, 0.5) is 0 Å². The molecule has 0 saturated heterocycles. The highest BCUT2D eigenvalue weighted by Crippen LogP contribution is 2.00. The summed E-state index contributed by atoms with van der Waals surface area (Å²) in [6.07, 6.45) is 0.844. The molecule has 1 heterocycles. The van der Waals surface area contributed by atoms with Crippen LogP contribution >= 0.6 is 11.3 Å². The van der Waals surface area contributed by atoms with Crippen LogP contribution in [0.3, 0.4) is 0 Å². The Kier molecular flexibility index (Phi) is 1.22. The number of aldehydes is 1. The highest BCUT2D eigenvalue weighted by Gasteiger charge is 1.82. The number of hydrogen-bond acceptors (Lipinski definition) is 2. The van der Waals surface area contributed by atoms with Crippen LogP contribution in [0.1, 0.15) is 11.8 Å². The fraction of sp³-hybridized carbons (Fsp3) is 0. The minimum atomic E-state index is 0. The van der Waals surface area contributed by atoms with E-state index in [2.05, 4.69) is 0 Å². The van der Waals surface area contributed by atoms with Gasteiger partial charge in [0.15, 0.2) is 6.29 Å². The van der Waals surface area contributed by atoms with E-state index in [9.17, 15) is 4.79 Å². The van der Waals surface area contributed by atoms with E-state index in [4.69, 9.17) is 0 Å². The fourth-order valence-electron chi connectivity index (χ4n) is 0.342. The molecule has 0 aliphatic rings. The SMILES string of the molecule is O=Cc1ccsc1.[H+]. The van der Waals surface area contributed by atoms with Crippen LogP contribution in [0.2, 0.25) is 0 Å². The van der Waals surface area contributed by atoms with E-state index in [0.717, 1.165) is 11.8 Å². The zero-order chi connectivity index (χ0) is 5.11. The molecule has 0 fully saturated rings. The van der Waals surface area contributed by atoms with Gasteiger partial charge in [0, 0.05) is 10.9 Å². The summed E-state index contributed by atoms with van der Waals surface area (Å²) in [5, 5.41) is 3.69. The van der Waals surface area contributed by atoms with Crippen molar-refractivity contribution in [1.29, 1.82) is 0 Å². The third kappa shape index (κ3) is 0.871. The Labute approximate surface area is 47.1 Å². The van der Waals surface area contributed by atoms with Crippen LogP contribution in [-0.4, -0.2) is 6.29 Å². The summed E-state index contributed by atoms with van der Waals surface area (Å²) < 4.78 is 0. The van der Waals surface area contributed by atoms with Gasteiger partial charge in [-0.3, -0.25) is 4.79 Å². The van der Waals surface area contributed by atoms with E-state index in [1.807, 2.05) is 10.8 Å². The highest BCUT2D eigenvalue weighted by atomic mass is 32.1. The lowest BCUT2D eigenvalue weighted by Gasteiger charge is -1.65. The van der Waals surface area contributed by atoms with E-state index in [1.54, 1.807) is 6.07 Å². The summed E-state index contributed by atoms with van der Waals surface area (Å²) in [7, 11) is 0. The smallest absolute Gasteiger partial charge is 0.298 e. The summed E-state index contributed by atoms with van der Waals surface area (Å²) in [5.74, 6) is 0. The minimum absolute atomic E-state index is 0. The predicted octanol–water partition coefficient (Wildman–Crippen LogP) is 1.67. The first kappa shape index (κ1) is 4.53. The second-order valence-corrected chi connectivity index (χ2v) is 1.95. The zero-order valence-corrected chi connectivity index (χ0v) is 4.44. The Bertz CT molecular complexity index is 147. The second-order valence-electron chi connectivity index (χ2n) is 1.17. The van der Waals surface area contributed by atoms with Crippen molar-refractivity contribution in [3.05, 3.63) is 22.4 Å². The van der Waals surface area contributed by atoms with Gasteiger partial charge in [-0.2, -0.15) is 11.3 Å². The Morgan fingerprint density at radius 2 is 2.71 bits per heavy atom. The molecule has 7 heavy (non-hydrogen) atoms. The molecule has 0 aromatic carbocycles. The average Bonchev–Trinajstić information content (AvgIpc) is 2.14. The van der Waals surface area contributed by atoms with Crippen LogP contribution in [0.15, 0.2) is 16.8 Å². The molecular formula is C5H5OS+. The maximum absolute atomic E-state index is 9.87. The molecule has 1 nitrogen and oxygen atoms in total. The number of thiophene rings is 1. The first-order chi connectivity index (χ1) is 3.43. The Morgan fingerprint density at radius 3 is 3.00 bits per heavy atom. The van der Waals surface area contributed by atoms with E-state index in [1.165, 1.54) is 11.3 Å². The normalized spacial score (nSPS) is 8.57. The number of hydrogen-bond donors (Lipinski definition) is 0. The Morgan fingerprint density at radius 1 is 1.86 bits per heavy atom. The van der Waals surface area contributed by atoms with Gasteiger partial charge >= 0.3 is 1.43 Å². The summed E-state index contributed by atoms with van der Waals surface area (Å²) in [6.45, 7) is 0. The van der Waals surface area contributed by atoms with Crippen molar-refractivity contribution < 1.29 is 6.22 Å². The van der Waals surface area contributed by atoms with Crippen LogP contribution < -0.4 is 0 Å². The van der Waals surface area contributed by atoms with Crippen molar-refractivity contribution in [2.24, 2.45) is 0 Å². The van der Waals surface area contributed by atoms with Gasteiger partial charge in [-0.25, -0.2) is 0 Å². The summed E-state index contributed by atoms with van der Waals surface area (Å²) >= 11 is 1.53. The standard InChI is InChI=1S/C5H4OS/c6-3-5-1-2-7-4-5/h1-4H/p+1. The van der Waals surface area contributed by atoms with Gasteiger partial charge in [-0.05, 0) is 11.4 Å². The third-order valence-electron chi connectivity index (χ3n) is 0.679. The lowest BCUT2D eigenvalue weighted by Crippen LogP contribution is -1.64. The minimum Gasteiger partial charge on any atom is -0.298 e. The van der Waals surface area contributed by atoms with E-state index in [0.29, 0.717) is 0 Å². The monoisotopic (exact) mass is 113 g/mol. The largest absolute Gasteiger partial charge is 1.00 e. The molecule has 0 unspecified atom stereocenters. The van der Waals surface area contributed by atoms with Crippen LogP contribution in [0, 0.1) is 0 Å². The number of rotatable bonds is 1. The van der Waals surface area contributed by atoms with Crippen LogP contribution in [-0.2, 0) is 0 Å². The zero-order valence-electron chi connectivity index (χ0n) is 4.63. The Balaban J connectivity index is 0.000000490. The van der Waals surface area contributed by atoms with Crippen molar-refractivity contribution in [3.63, 3.8) is 0 Å². The maximum Gasteiger partial charge on any atom is 1.00 e. The lowest BCUT2D eigenvalue weighted by atomic mass is 10.4. The lowest BCUT2D eigenvalue weighted by molar-refractivity contribution is 0.112. The van der Waals surface area contributed by atoms with Crippen LogP contribution in [0.5, 0.6) is 0 Å². The molecule has 0 bridgehead atoms. The molecule has 0 amide bonds. The molecule has 2 heteroatoms. The molecule has 0 N–H and O–H groups in total.